The fourth-order valence-corrected chi connectivity index (χ4v) is 3.59. The third-order valence-electron chi connectivity index (χ3n) is 5.25. The van der Waals surface area contributed by atoms with Crippen LogP contribution in [0.15, 0.2) is 43.0 Å². The van der Waals surface area contributed by atoms with Crippen molar-refractivity contribution in [3.8, 4) is 5.69 Å². The summed E-state index contributed by atoms with van der Waals surface area (Å²) >= 11 is 0. The van der Waals surface area contributed by atoms with Gasteiger partial charge in [0.1, 0.15) is 11.3 Å². The quantitative estimate of drug-likeness (QED) is 0.569. The molecule has 3 heterocycles. The van der Waals surface area contributed by atoms with E-state index in [9.17, 15) is 23.1 Å². The number of imidazole rings is 1. The van der Waals surface area contributed by atoms with Crippen LogP contribution in [0, 0.1) is 6.92 Å². The molecule has 32 heavy (non-hydrogen) atoms. The highest BCUT2D eigenvalue weighted by atomic mass is 19.4. The molecule has 4 rings (SSSR count). The average Bonchev–Trinajstić information content (AvgIpc) is 3.16. The molecule has 1 aromatic carbocycles. The standard InChI is InChI=1S/C21H21F3N6O2/c1-13-8-14(28-19-26-6-3-16(29-19)21(22,23)24)10-15(9-13)30-11-17(27-12-30)20(32)4-2-18(31)25-7-5-20/h3,6,8-12,32H,2,4-5,7H2,1H3,(H,25,31)(H,26,28,29). The minimum Gasteiger partial charge on any atom is -0.383 e. The summed E-state index contributed by atoms with van der Waals surface area (Å²) in [5, 5.41) is 16.5. The summed E-state index contributed by atoms with van der Waals surface area (Å²) in [7, 11) is 0. The molecular weight excluding hydrogens is 425 g/mol. The van der Waals surface area contributed by atoms with Gasteiger partial charge in [0.15, 0.2) is 0 Å². The molecule has 0 bridgehead atoms. The lowest BCUT2D eigenvalue weighted by Gasteiger charge is -2.23. The topological polar surface area (TPSA) is 105 Å². The minimum atomic E-state index is -4.57. The van der Waals surface area contributed by atoms with Gasteiger partial charge in [0.05, 0.1) is 12.0 Å². The summed E-state index contributed by atoms with van der Waals surface area (Å²) in [5.74, 6) is -0.279. The monoisotopic (exact) mass is 446 g/mol. The Kier molecular flexibility index (Phi) is 5.59. The van der Waals surface area contributed by atoms with E-state index in [-0.39, 0.29) is 24.7 Å². The largest absolute Gasteiger partial charge is 0.433 e. The van der Waals surface area contributed by atoms with Gasteiger partial charge in [0.25, 0.3) is 0 Å². The zero-order valence-electron chi connectivity index (χ0n) is 17.1. The number of hydrogen-bond donors (Lipinski definition) is 3. The molecule has 1 amide bonds. The smallest absolute Gasteiger partial charge is 0.383 e. The number of rotatable bonds is 4. The number of aliphatic hydroxyl groups is 1. The molecule has 2 aromatic heterocycles. The van der Waals surface area contributed by atoms with E-state index in [1.807, 2.05) is 13.0 Å². The number of aryl methyl sites for hydroxylation is 1. The normalized spacial score (nSPS) is 19.3. The molecule has 1 fully saturated rings. The van der Waals surface area contributed by atoms with E-state index in [4.69, 9.17) is 0 Å². The number of alkyl halides is 3. The van der Waals surface area contributed by atoms with Crippen molar-refractivity contribution in [1.29, 1.82) is 0 Å². The van der Waals surface area contributed by atoms with Crippen LogP contribution in [0.4, 0.5) is 24.8 Å². The van der Waals surface area contributed by atoms with Crippen molar-refractivity contribution in [2.24, 2.45) is 0 Å². The highest BCUT2D eigenvalue weighted by Crippen LogP contribution is 2.32. The lowest BCUT2D eigenvalue weighted by atomic mass is 9.92. The van der Waals surface area contributed by atoms with Gasteiger partial charge in [0.2, 0.25) is 11.9 Å². The highest BCUT2D eigenvalue weighted by Gasteiger charge is 2.34. The lowest BCUT2D eigenvalue weighted by molar-refractivity contribution is -0.141. The fraction of sp³-hybridized carbons (Fsp3) is 0.333. The van der Waals surface area contributed by atoms with E-state index >= 15 is 0 Å². The third-order valence-corrected chi connectivity index (χ3v) is 5.25. The summed E-state index contributed by atoms with van der Waals surface area (Å²) in [4.78, 5) is 23.3. The first-order valence-electron chi connectivity index (χ1n) is 9.95. The van der Waals surface area contributed by atoms with Crippen LogP contribution in [0.3, 0.4) is 0 Å². The van der Waals surface area contributed by atoms with E-state index in [2.05, 4.69) is 25.6 Å². The van der Waals surface area contributed by atoms with Crippen LogP contribution in [0.2, 0.25) is 0 Å². The maximum atomic E-state index is 12.9. The Morgan fingerprint density at radius 1 is 1.22 bits per heavy atom. The Hall–Kier alpha value is -3.47. The number of hydrogen-bond acceptors (Lipinski definition) is 6. The molecule has 0 aliphatic carbocycles. The number of carbonyl (C=O) groups excluding carboxylic acids is 1. The predicted octanol–water partition coefficient (Wildman–Crippen LogP) is 3.22. The second kappa shape index (κ2) is 8.23. The van der Waals surface area contributed by atoms with Gasteiger partial charge in [-0.15, -0.1) is 0 Å². The fourth-order valence-electron chi connectivity index (χ4n) is 3.59. The van der Waals surface area contributed by atoms with Crippen molar-refractivity contribution in [2.45, 2.75) is 38.0 Å². The van der Waals surface area contributed by atoms with Crippen molar-refractivity contribution < 1.29 is 23.1 Å². The molecule has 0 radical (unpaired) electrons. The number of benzene rings is 1. The average molecular weight is 446 g/mol. The van der Waals surface area contributed by atoms with Crippen LogP contribution < -0.4 is 10.6 Å². The molecule has 1 aliphatic rings. The van der Waals surface area contributed by atoms with Gasteiger partial charge in [-0.1, -0.05) is 0 Å². The Balaban J connectivity index is 1.59. The van der Waals surface area contributed by atoms with Gasteiger partial charge in [0, 0.05) is 36.7 Å². The summed E-state index contributed by atoms with van der Waals surface area (Å²) in [5.41, 5.74) is 0.219. The van der Waals surface area contributed by atoms with Crippen molar-refractivity contribution in [3.63, 3.8) is 0 Å². The molecule has 11 heteroatoms. The molecule has 3 N–H and O–H groups in total. The SMILES string of the molecule is Cc1cc(Nc2nccc(C(F)(F)F)n2)cc(-n2cnc(C3(O)CCNC(=O)CC3)c2)c1. The highest BCUT2D eigenvalue weighted by molar-refractivity contribution is 5.76. The maximum Gasteiger partial charge on any atom is 0.433 e. The van der Waals surface area contributed by atoms with Crippen LogP contribution in [-0.4, -0.2) is 37.1 Å². The number of halogens is 3. The molecule has 168 valence electrons. The Morgan fingerprint density at radius 3 is 2.81 bits per heavy atom. The van der Waals surface area contributed by atoms with Gasteiger partial charge in [-0.25, -0.2) is 15.0 Å². The van der Waals surface area contributed by atoms with E-state index in [1.54, 1.807) is 29.2 Å². The molecule has 1 atom stereocenters. The van der Waals surface area contributed by atoms with Crippen molar-refractivity contribution >= 4 is 17.5 Å². The zero-order valence-corrected chi connectivity index (χ0v) is 17.1. The second-order valence-electron chi connectivity index (χ2n) is 7.74. The van der Waals surface area contributed by atoms with Crippen LogP contribution in [0.25, 0.3) is 5.69 Å². The number of nitrogens with one attached hydrogen (secondary N) is 2. The minimum absolute atomic E-state index is 0.105. The molecule has 0 saturated carbocycles. The molecule has 0 spiro atoms. The first-order chi connectivity index (χ1) is 15.1. The molecule has 8 nitrogen and oxygen atoms in total. The number of nitrogens with zero attached hydrogens (tertiary/aromatic N) is 4. The Morgan fingerprint density at radius 2 is 2.03 bits per heavy atom. The Bertz CT molecular complexity index is 1150. The predicted molar refractivity (Wildman–Crippen MR) is 109 cm³/mol. The molecular formula is C21H21F3N6O2. The second-order valence-corrected chi connectivity index (χ2v) is 7.74. The first kappa shape index (κ1) is 21.8. The zero-order chi connectivity index (χ0) is 22.9. The van der Waals surface area contributed by atoms with Crippen LogP contribution in [0.5, 0.6) is 0 Å². The third kappa shape index (κ3) is 4.72. The van der Waals surface area contributed by atoms with Crippen molar-refractivity contribution in [1.82, 2.24) is 24.8 Å². The molecule has 1 saturated heterocycles. The van der Waals surface area contributed by atoms with Gasteiger partial charge < -0.3 is 20.3 Å². The van der Waals surface area contributed by atoms with Gasteiger partial charge >= 0.3 is 6.18 Å². The summed E-state index contributed by atoms with van der Waals surface area (Å²) in [6.45, 7) is 2.20. The number of amides is 1. The maximum absolute atomic E-state index is 12.9. The number of aromatic nitrogens is 4. The summed E-state index contributed by atoms with van der Waals surface area (Å²) < 4.78 is 40.5. The van der Waals surface area contributed by atoms with E-state index in [0.29, 0.717) is 30.0 Å². The van der Waals surface area contributed by atoms with Gasteiger partial charge in [-0.3, -0.25) is 4.79 Å². The molecule has 1 unspecified atom stereocenters. The summed E-state index contributed by atoms with van der Waals surface area (Å²) in [6, 6.07) is 6.14. The lowest BCUT2D eigenvalue weighted by Crippen LogP contribution is -2.27. The van der Waals surface area contributed by atoms with E-state index < -0.39 is 17.5 Å². The van der Waals surface area contributed by atoms with E-state index in [0.717, 1.165) is 17.8 Å². The summed E-state index contributed by atoms with van der Waals surface area (Å²) in [6.07, 6.45) is 0.542. The first-order valence-corrected chi connectivity index (χ1v) is 9.95. The van der Waals surface area contributed by atoms with E-state index in [1.165, 1.54) is 0 Å². The van der Waals surface area contributed by atoms with Crippen LogP contribution in [0.1, 0.15) is 36.2 Å². The number of anilines is 2. The van der Waals surface area contributed by atoms with Crippen LogP contribution >= 0.6 is 0 Å². The van der Waals surface area contributed by atoms with Gasteiger partial charge in [-0.05, 0) is 49.6 Å². The Labute approximate surface area is 181 Å². The number of carbonyl (C=O) groups is 1. The van der Waals surface area contributed by atoms with Crippen LogP contribution in [-0.2, 0) is 16.6 Å². The van der Waals surface area contributed by atoms with Crippen molar-refractivity contribution in [3.05, 3.63) is 59.9 Å². The molecule has 3 aromatic rings. The molecule has 1 aliphatic heterocycles. The van der Waals surface area contributed by atoms with Gasteiger partial charge in [-0.2, -0.15) is 13.2 Å². The van der Waals surface area contributed by atoms with Crippen molar-refractivity contribution in [2.75, 3.05) is 11.9 Å².